The van der Waals surface area contributed by atoms with Crippen molar-refractivity contribution in [2.45, 2.75) is 24.6 Å². The van der Waals surface area contributed by atoms with Crippen LogP contribution in [0.15, 0.2) is 42.5 Å². The Bertz CT molecular complexity index is 732. The molecule has 0 saturated carbocycles. The van der Waals surface area contributed by atoms with Crippen molar-refractivity contribution in [3.05, 3.63) is 70.8 Å². The van der Waals surface area contributed by atoms with Crippen LogP contribution in [0.1, 0.15) is 41.3 Å². The van der Waals surface area contributed by atoms with E-state index in [0.717, 1.165) is 17.7 Å². The highest BCUT2D eigenvalue weighted by atomic mass is 19.1. The highest BCUT2D eigenvalue weighted by Gasteiger charge is 2.28. The molecule has 0 aliphatic carbocycles. The maximum Gasteiger partial charge on any atom is 0.128 e. The standard InChI is InChI=1S/C19H21F2N3O/c20-14-4-1-12(2-5-14)17-10-18(24-23-17)15-6-3-13(9-16(15)21)19-11-22-7-8-25-19/h1-6,9,17-19,22-24H,7-8,10-11H2/t17?,18?,19-/m0/s1. The number of hydrogen-bond acceptors (Lipinski definition) is 4. The van der Waals surface area contributed by atoms with Gasteiger partial charge in [0, 0.05) is 24.7 Å². The largest absolute Gasteiger partial charge is 0.371 e. The van der Waals surface area contributed by atoms with Crippen LogP contribution in [-0.2, 0) is 4.74 Å². The average Bonchev–Trinajstić information content (AvgIpc) is 3.13. The third kappa shape index (κ3) is 3.57. The van der Waals surface area contributed by atoms with E-state index in [4.69, 9.17) is 4.74 Å². The van der Waals surface area contributed by atoms with Gasteiger partial charge in [-0.05, 0) is 35.7 Å². The molecule has 2 heterocycles. The Morgan fingerprint density at radius 3 is 2.40 bits per heavy atom. The Morgan fingerprint density at radius 1 is 0.920 bits per heavy atom. The molecule has 2 aromatic carbocycles. The van der Waals surface area contributed by atoms with E-state index >= 15 is 0 Å². The zero-order valence-corrected chi connectivity index (χ0v) is 13.8. The third-order valence-corrected chi connectivity index (χ3v) is 4.87. The Balaban J connectivity index is 1.47. The van der Waals surface area contributed by atoms with Crippen molar-refractivity contribution in [2.75, 3.05) is 19.7 Å². The lowest BCUT2D eigenvalue weighted by atomic mass is 9.96. The van der Waals surface area contributed by atoms with Gasteiger partial charge in [-0.25, -0.2) is 19.6 Å². The predicted octanol–water partition coefficient (Wildman–Crippen LogP) is 2.91. The molecule has 6 heteroatoms. The molecule has 0 aromatic heterocycles. The van der Waals surface area contributed by atoms with Crippen molar-refractivity contribution in [2.24, 2.45) is 0 Å². The topological polar surface area (TPSA) is 45.3 Å². The van der Waals surface area contributed by atoms with Crippen LogP contribution >= 0.6 is 0 Å². The second-order valence-corrected chi connectivity index (χ2v) is 6.53. The fraction of sp³-hybridized carbons (Fsp3) is 0.368. The van der Waals surface area contributed by atoms with Gasteiger partial charge >= 0.3 is 0 Å². The van der Waals surface area contributed by atoms with Gasteiger partial charge in [0.15, 0.2) is 0 Å². The van der Waals surface area contributed by atoms with Crippen LogP contribution < -0.4 is 16.2 Å². The van der Waals surface area contributed by atoms with Crippen LogP contribution in [-0.4, -0.2) is 19.7 Å². The van der Waals surface area contributed by atoms with Gasteiger partial charge in [0.2, 0.25) is 0 Å². The third-order valence-electron chi connectivity index (χ3n) is 4.87. The van der Waals surface area contributed by atoms with Crippen LogP contribution in [0, 0.1) is 11.6 Å². The summed E-state index contributed by atoms with van der Waals surface area (Å²) in [6.45, 7) is 2.18. The first kappa shape index (κ1) is 16.6. The summed E-state index contributed by atoms with van der Waals surface area (Å²) < 4.78 is 33.4. The monoisotopic (exact) mass is 345 g/mol. The van der Waals surface area contributed by atoms with E-state index < -0.39 is 0 Å². The molecule has 2 saturated heterocycles. The van der Waals surface area contributed by atoms with E-state index in [-0.39, 0.29) is 29.8 Å². The molecule has 0 amide bonds. The molecule has 2 aliphatic heterocycles. The van der Waals surface area contributed by atoms with Crippen LogP contribution in [0.4, 0.5) is 8.78 Å². The van der Waals surface area contributed by atoms with Gasteiger partial charge in [0.1, 0.15) is 11.6 Å². The number of rotatable bonds is 3. The number of hydrazine groups is 1. The normalized spacial score (nSPS) is 26.7. The lowest BCUT2D eigenvalue weighted by Crippen LogP contribution is -2.33. The van der Waals surface area contributed by atoms with Gasteiger partial charge in [-0.1, -0.05) is 24.3 Å². The minimum absolute atomic E-state index is 0.0237. The van der Waals surface area contributed by atoms with Crippen molar-refractivity contribution in [3.63, 3.8) is 0 Å². The van der Waals surface area contributed by atoms with E-state index in [0.29, 0.717) is 25.1 Å². The van der Waals surface area contributed by atoms with Crippen molar-refractivity contribution in [1.29, 1.82) is 0 Å². The fourth-order valence-corrected chi connectivity index (χ4v) is 3.48. The fourth-order valence-electron chi connectivity index (χ4n) is 3.48. The minimum Gasteiger partial charge on any atom is -0.371 e. The van der Waals surface area contributed by atoms with E-state index in [1.165, 1.54) is 12.1 Å². The molecule has 2 aromatic rings. The first-order valence-corrected chi connectivity index (χ1v) is 8.59. The summed E-state index contributed by atoms with van der Waals surface area (Å²) in [4.78, 5) is 0. The zero-order chi connectivity index (χ0) is 17.2. The minimum atomic E-state index is -0.257. The molecule has 2 fully saturated rings. The number of hydrogen-bond donors (Lipinski definition) is 3. The quantitative estimate of drug-likeness (QED) is 0.800. The van der Waals surface area contributed by atoms with Crippen molar-refractivity contribution < 1.29 is 13.5 Å². The lowest BCUT2D eigenvalue weighted by Gasteiger charge is -2.24. The number of nitrogens with one attached hydrogen (secondary N) is 3. The molecule has 2 aliphatic rings. The van der Waals surface area contributed by atoms with E-state index in [1.54, 1.807) is 18.2 Å². The first-order chi connectivity index (χ1) is 12.2. The van der Waals surface area contributed by atoms with Gasteiger partial charge in [0.25, 0.3) is 0 Å². The van der Waals surface area contributed by atoms with Crippen LogP contribution in [0.25, 0.3) is 0 Å². The van der Waals surface area contributed by atoms with Crippen molar-refractivity contribution in [3.8, 4) is 0 Å². The average molecular weight is 345 g/mol. The maximum atomic E-state index is 14.6. The summed E-state index contributed by atoms with van der Waals surface area (Å²) in [6.07, 6.45) is 0.600. The zero-order valence-electron chi connectivity index (χ0n) is 13.8. The molecule has 3 N–H and O–H groups in total. The van der Waals surface area contributed by atoms with E-state index in [2.05, 4.69) is 16.2 Å². The molecular weight excluding hydrogens is 324 g/mol. The number of ether oxygens (including phenoxy) is 1. The predicted molar refractivity (Wildman–Crippen MR) is 90.7 cm³/mol. The molecule has 0 radical (unpaired) electrons. The van der Waals surface area contributed by atoms with Crippen molar-refractivity contribution in [1.82, 2.24) is 16.2 Å². The molecule has 0 spiro atoms. The van der Waals surface area contributed by atoms with E-state index in [1.807, 2.05) is 12.1 Å². The molecule has 0 bridgehead atoms. The van der Waals surface area contributed by atoms with Gasteiger partial charge < -0.3 is 10.1 Å². The van der Waals surface area contributed by atoms with Gasteiger partial charge in [-0.15, -0.1) is 0 Å². The number of halogens is 2. The molecule has 2 unspecified atom stereocenters. The summed E-state index contributed by atoms with van der Waals surface area (Å²) in [5.41, 5.74) is 8.79. The lowest BCUT2D eigenvalue weighted by molar-refractivity contribution is 0.0275. The van der Waals surface area contributed by atoms with Crippen LogP contribution in [0.5, 0.6) is 0 Å². The SMILES string of the molecule is Fc1ccc(C2CC(c3ccc([C@@H]4CNCCO4)cc3F)NN2)cc1. The second kappa shape index (κ2) is 7.17. The summed E-state index contributed by atoms with van der Waals surface area (Å²) in [5.74, 6) is -0.488. The molecule has 3 atom stereocenters. The summed E-state index contributed by atoms with van der Waals surface area (Å²) in [6, 6.07) is 11.6. The Kier molecular flexibility index (Phi) is 4.76. The summed E-state index contributed by atoms with van der Waals surface area (Å²) in [7, 11) is 0. The Labute approximate surface area is 145 Å². The number of morpholine rings is 1. The number of benzene rings is 2. The highest BCUT2D eigenvalue weighted by Crippen LogP contribution is 2.33. The first-order valence-electron chi connectivity index (χ1n) is 8.59. The molecule has 25 heavy (non-hydrogen) atoms. The molecule has 132 valence electrons. The van der Waals surface area contributed by atoms with Gasteiger partial charge in [0.05, 0.1) is 18.8 Å². The molecule has 4 nitrogen and oxygen atoms in total. The highest BCUT2D eigenvalue weighted by molar-refractivity contribution is 5.30. The van der Waals surface area contributed by atoms with Crippen LogP contribution in [0.3, 0.4) is 0 Å². The smallest absolute Gasteiger partial charge is 0.128 e. The van der Waals surface area contributed by atoms with Gasteiger partial charge in [-0.2, -0.15) is 0 Å². The van der Waals surface area contributed by atoms with Crippen molar-refractivity contribution >= 4 is 0 Å². The van der Waals surface area contributed by atoms with Gasteiger partial charge in [-0.3, -0.25) is 0 Å². The summed E-state index contributed by atoms with van der Waals surface area (Å²) in [5, 5.41) is 3.25. The molecule has 4 rings (SSSR count). The Morgan fingerprint density at radius 2 is 1.68 bits per heavy atom. The summed E-state index contributed by atoms with van der Waals surface area (Å²) >= 11 is 0. The second-order valence-electron chi connectivity index (χ2n) is 6.53. The Hall–Kier alpha value is -1.86. The molecular formula is C19H21F2N3O. The maximum absolute atomic E-state index is 14.6. The van der Waals surface area contributed by atoms with Crippen LogP contribution in [0.2, 0.25) is 0 Å². The van der Waals surface area contributed by atoms with E-state index in [9.17, 15) is 8.78 Å².